The third kappa shape index (κ3) is 3.56. The molecule has 0 N–H and O–H groups in total. The van der Waals surface area contributed by atoms with E-state index in [0.29, 0.717) is 0 Å². The lowest BCUT2D eigenvalue weighted by Crippen LogP contribution is -2.35. The van der Waals surface area contributed by atoms with Gasteiger partial charge in [0.1, 0.15) is 0 Å². The largest absolute Gasteiger partial charge is 0.315 e. The summed E-state index contributed by atoms with van der Waals surface area (Å²) >= 11 is 3.45. The van der Waals surface area contributed by atoms with Crippen molar-refractivity contribution in [1.82, 2.24) is 0 Å². The summed E-state index contributed by atoms with van der Waals surface area (Å²) in [6.07, 6.45) is 0. The van der Waals surface area contributed by atoms with E-state index < -0.39 is 0 Å². The van der Waals surface area contributed by atoms with Gasteiger partial charge < -0.3 is 4.90 Å². The van der Waals surface area contributed by atoms with E-state index in [1.165, 1.54) is 11.1 Å². The van der Waals surface area contributed by atoms with Crippen molar-refractivity contribution in [3.05, 3.63) is 29.3 Å². The van der Waals surface area contributed by atoms with Gasteiger partial charge >= 0.3 is 0 Å². The first kappa shape index (κ1) is 14.2. The van der Waals surface area contributed by atoms with Crippen molar-refractivity contribution in [2.75, 3.05) is 11.9 Å². The van der Waals surface area contributed by atoms with Gasteiger partial charge in [0.05, 0.1) is 4.83 Å². The fourth-order valence-corrected chi connectivity index (χ4v) is 2.05. The van der Waals surface area contributed by atoms with Gasteiger partial charge in [-0.2, -0.15) is 0 Å². The van der Waals surface area contributed by atoms with E-state index in [-0.39, 0.29) is 16.7 Å². The number of hydrogen-bond acceptors (Lipinski definition) is 1. The van der Waals surface area contributed by atoms with Gasteiger partial charge in [0.15, 0.2) is 0 Å². The number of anilines is 1. The second kappa shape index (κ2) is 5.67. The Hall–Kier alpha value is -0.830. The molecule has 0 bridgehead atoms. The van der Waals surface area contributed by atoms with Gasteiger partial charge in [-0.15, -0.1) is 0 Å². The minimum Gasteiger partial charge on any atom is -0.315 e. The quantitative estimate of drug-likeness (QED) is 0.779. The number of benzene rings is 1. The second-order valence-electron chi connectivity index (χ2n) is 4.89. The van der Waals surface area contributed by atoms with Gasteiger partial charge in [0, 0.05) is 12.7 Å². The Morgan fingerprint density at radius 1 is 1.18 bits per heavy atom. The predicted molar refractivity (Wildman–Crippen MR) is 76.9 cm³/mol. The van der Waals surface area contributed by atoms with Crippen LogP contribution in [0.2, 0.25) is 0 Å². The highest BCUT2D eigenvalue weighted by Crippen LogP contribution is 2.22. The smallest absolute Gasteiger partial charge is 0.240 e. The Labute approximate surface area is 112 Å². The Morgan fingerprint density at radius 2 is 1.65 bits per heavy atom. The van der Waals surface area contributed by atoms with Crippen molar-refractivity contribution >= 4 is 27.5 Å². The lowest BCUT2D eigenvalue weighted by atomic mass is 10.1. The number of carbonyl (C=O) groups excluding carboxylic acids is 1. The molecule has 94 valence electrons. The Kier molecular flexibility index (Phi) is 4.75. The van der Waals surface area contributed by atoms with E-state index in [0.717, 1.165) is 5.69 Å². The molecule has 1 rings (SSSR count). The molecule has 1 amide bonds. The van der Waals surface area contributed by atoms with Gasteiger partial charge in [-0.1, -0.05) is 35.8 Å². The molecule has 17 heavy (non-hydrogen) atoms. The highest BCUT2D eigenvalue weighted by molar-refractivity contribution is 9.10. The van der Waals surface area contributed by atoms with Crippen LogP contribution in [0.1, 0.15) is 25.0 Å². The Balaban J connectivity index is 2.96. The van der Waals surface area contributed by atoms with Crippen LogP contribution in [0.15, 0.2) is 18.2 Å². The van der Waals surface area contributed by atoms with Crippen LogP contribution in [-0.2, 0) is 4.79 Å². The monoisotopic (exact) mass is 297 g/mol. The zero-order valence-electron chi connectivity index (χ0n) is 11.1. The van der Waals surface area contributed by atoms with Crippen LogP contribution in [0.5, 0.6) is 0 Å². The van der Waals surface area contributed by atoms with Crippen LogP contribution in [0.3, 0.4) is 0 Å². The molecular formula is C14H20BrNO. The zero-order valence-corrected chi connectivity index (χ0v) is 12.7. The molecule has 0 aliphatic carbocycles. The van der Waals surface area contributed by atoms with Crippen LogP contribution in [0.25, 0.3) is 0 Å². The third-order valence-electron chi connectivity index (χ3n) is 2.75. The predicted octanol–water partition coefficient (Wildman–Crippen LogP) is 3.69. The van der Waals surface area contributed by atoms with Crippen LogP contribution < -0.4 is 4.90 Å². The van der Waals surface area contributed by atoms with Gasteiger partial charge in [-0.3, -0.25) is 4.79 Å². The van der Waals surface area contributed by atoms with Crippen LogP contribution >= 0.6 is 15.9 Å². The average molecular weight is 298 g/mol. The Bertz CT molecular complexity index is 394. The van der Waals surface area contributed by atoms with E-state index in [9.17, 15) is 4.79 Å². The first-order valence-electron chi connectivity index (χ1n) is 5.83. The van der Waals surface area contributed by atoms with E-state index in [4.69, 9.17) is 0 Å². The lowest BCUT2D eigenvalue weighted by molar-refractivity contribution is -0.118. The molecule has 0 spiro atoms. The van der Waals surface area contributed by atoms with Crippen molar-refractivity contribution in [3.8, 4) is 0 Å². The molecule has 0 heterocycles. The van der Waals surface area contributed by atoms with Gasteiger partial charge in [-0.05, 0) is 43.0 Å². The first-order valence-corrected chi connectivity index (χ1v) is 6.74. The molecule has 1 unspecified atom stereocenters. The number of rotatable bonds is 3. The van der Waals surface area contributed by atoms with Gasteiger partial charge in [-0.25, -0.2) is 0 Å². The number of alkyl halides is 1. The molecule has 0 aromatic heterocycles. The van der Waals surface area contributed by atoms with E-state index in [1.807, 2.05) is 46.9 Å². The normalized spacial score (nSPS) is 12.6. The molecule has 0 fully saturated rings. The fraction of sp³-hybridized carbons (Fsp3) is 0.500. The molecule has 3 heteroatoms. The van der Waals surface area contributed by atoms with Crippen LogP contribution in [0.4, 0.5) is 5.69 Å². The molecule has 0 aliphatic heterocycles. The summed E-state index contributed by atoms with van der Waals surface area (Å²) in [5.74, 6) is 0.390. The summed E-state index contributed by atoms with van der Waals surface area (Å²) in [6.45, 7) is 8.16. The molecule has 0 saturated heterocycles. The standard InChI is InChI=1S/C14H20BrNO/c1-9(2)13(15)14(17)16(5)12-7-10(3)6-11(4)8-12/h6-9,13H,1-5H3. The van der Waals surface area contributed by atoms with Crippen LogP contribution in [-0.4, -0.2) is 17.8 Å². The zero-order chi connectivity index (χ0) is 13.2. The lowest BCUT2D eigenvalue weighted by Gasteiger charge is -2.23. The van der Waals surface area contributed by atoms with Crippen molar-refractivity contribution in [1.29, 1.82) is 0 Å². The molecule has 2 nitrogen and oxygen atoms in total. The van der Waals surface area contributed by atoms with Gasteiger partial charge in [0.2, 0.25) is 5.91 Å². The average Bonchev–Trinajstić information content (AvgIpc) is 2.24. The van der Waals surface area contributed by atoms with Gasteiger partial charge in [0.25, 0.3) is 0 Å². The number of halogens is 1. The summed E-state index contributed by atoms with van der Waals surface area (Å²) in [5.41, 5.74) is 3.31. The minimum absolute atomic E-state index is 0.102. The maximum atomic E-state index is 12.2. The minimum atomic E-state index is -0.131. The summed E-state index contributed by atoms with van der Waals surface area (Å²) in [6, 6.07) is 6.17. The molecule has 1 atom stereocenters. The number of carbonyl (C=O) groups is 1. The Morgan fingerprint density at radius 3 is 2.06 bits per heavy atom. The highest BCUT2D eigenvalue weighted by Gasteiger charge is 2.23. The summed E-state index contributed by atoms with van der Waals surface area (Å²) in [7, 11) is 1.83. The summed E-state index contributed by atoms with van der Waals surface area (Å²) < 4.78 is 0. The second-order valence-corrected chi connectivity index (χ2v) is 5.88. The summed E-state index contributed by atoms with van der Waals surface area (Å²) in [5, 5.41) is 0. The van der Waals surface area contributed by atoms with Crippen LogP contribution in [0, 0.1) is 19.8 Å². The molecule has 0 saturated carbocycles. The van der Waals surface area contributed by atoms with Crippen molar-refractivity contribution in [2.24, 2.45) is 5.92 Å². The number of amides is 1. The maximum Gasteiger partial charge on any atom is 0.240 e. The SMILES string of the molecule is Cc1cc(C)cc(N(C)C(=O)C(Br)C(C)C)c1. The molecule has 0 aliphatic rings. The number of hydrogen-bond donors (Lipinski definition) is 0. The topological polar surface area (TPSA) is 20.3 Å². The molecule has 0 radical (unpaired) electrons. The maximum absolute atomic E-state index is 12.2. The summed E-state index contributed by atoms with van der Waals surface area (Å²) in [4.78, 5) is 13.8. The molecular weight excluding hydrogens is 278 g/mol. The van der Waals surface area contributed by atoms with E-state index in [1.54, 1.807) is 4.90 Å². The third-order valence-corrected chi connectivity index (χ3v) is 4.19. The number of nitrogens with zero attached hydrogens (tertiary/aromatic N) is 1. The first-order chi connectivity index (χ1) is 7.82. The number of aryl methyl sites for hydroxylation is 2. The van der Waals surface area contributed by atoms with E-state index in [2.05, 4.69) is 22.0 Å². The molecule has 1 aromatic carbocycles. The highest BCUT2D eigenvalue weighted by atomic mass is 79.9. The van der Waals surface area contributed by atoms with E-state index >= 15 is 0 Å². The fourth-order valence-electron chi connectivity index (χ4n) is 1.74. The van der Waals surface area contributed by atoms with Crippen molar-refractivity contribution in [3.63, 3.8) is 0 Å². The van der Waals surface area contributed by atoms with Crippen molar-refractivity contribution in [2.45, 2.75) is 32.5 Å². The molecule has 1 aromatic rings. The van der Waals surface area contributed by atoms with Crippen molar-refractivity contribution < 1.29 is 4.79 Å².